The number of furan rings is 1. The third-order valence-electron chi connectivity index (χ3n) is 2.36. The molecule has 1 aromatic heterocycles. The minimum absolute atomic E-state index is 0.0962. The lowest BCUT2D eigenvalue weighted by Gasteiger charge is -2.04. The van der Waals surface area contributed by atoms with Crippen molar-refractivity contribution in [2.45, 2.75) is 0 Å². The molecule has 0 aliphatic heterocycles. The molecule has 20 heavy (non-hydrogen) atoms. The van der Waals surface area contributed by atoms with Crippen LogP contribution in [-0.2, 0) is 4.79 Å². The summed E-state index contributed by atoms with van der Waals surface area (Å²) in [6.07, 6.45) is 4.26. The van der Waals surface area contributed by atoms with Crippen molar-refractivity contribution < 1.29 is 14.1 Å². The summed E-state index contributed by atoms with van der Waals surface area (Å²) < 4.78 is 5.03. The number of hydrogen-bond donors (Lipinski definition) is 1. The summed E-state index contributed by atoms with van der Waals surface area (Å²) in [5, 5.41) is 13.2. The SMILES string of the molecule is O=C(C=Cc1ccco1)Nc1ccc([N+](=O)[O-])cc1Cl. The van der Waals surface area contributed by atoms with Gasteiger partial charge in [0.15, 0.2) is 0 Å². The maximum Gasteiger partial charge on any atom is 0.271 e. The molecule has 0 unspecified atom stereocenters. The second-order valence-corrected chi connectivity index (χ2v) is 4.17. The van der Waals surface area contributed by atoms with Crippen molar-refractivity contribution in [3.8, 4) is 0 Å². The summed E-state index contributed by atoms with van der Waals surface area (Å²) in [5.74, 6) is 0.118. The number of rotatable bonds is 4. The molecule has 0 aliphatic rings. The molecule has 0 atom stereocenters. The van der Waals surface area contributed by atoms with Crippen molar-refractivity contribution in [1.82, 2.24) is 0 Å². The smallest absolute Gasteiger partial charge is 0.271 e. The van der Waals surface area contributed by atoms with E-state index in [4.69, 9.17) is 16.0 Å². The number of nitrogens with one attached hydrogen (secondary N) is 1. The van der Waals surface area contributed by atoms with Gasteiger partial charge in [-0.05, 0) is 24.3 Å². The van der Waals surface area contributed by atoms with Gasteiger partial charge < -0.3 is 9.73 Å². The highest BCUT2D eigenvalue weighted by Crippen LogP contribution is 2.26. The Morgan fingerprint density at radius 1 is 1.40 bits per heavy atom. The van der Waals surface area contributed by atoms with E-state index in [0.29, 0.717) is 11.4 Å². The lowest BCUT2D eigenvalue weighted by molar-refractivity contribution is -0.384. The number of carbonyl (C=O) groups is 1. The first-order valence-corrected chi connectivity index (χ1v) is 5.90. The minimum atomic E-state index is -0.561. The van der Waals surface area contributed by atoms with Crippen LogP contribution < -0.4 is 5.32 Å². The highest BCUT2D eigenvalue weighted by atomic mass is 35.5. The molecule has 0 radical (unpaired) electrons. The van der Waals surface area contributed by atoms with Gasteiger partial charge >= 0.3 is 0 Å². The van der Waals surface area contributed by atoms with E-state index < -0.39 is 10.8 Å². The Hall–Kier alpha value is -2.60. The molecule has 0 aliphatic carbocycles. The zero-order valence-corrected chi connectivity index (χ0v) is 10.8. The Morgan fingerprint density at radius 2 is 2.20 bits per heavy atom. The summed E-state index contributed by atoms with van der Waals surface area (Å²) in [7, 11) is 0. The number of carbonyl (C=O) groups excluding carboxylic acids is 1. The number of non-ortho nitro benzene ring substituents is 1. The molecule has 1 N–H and O–H groups in total. The molecule has 0 spiro atoms. The van der Waals surface area contributed by atoms with Crippen LogP contribution in [0, 0.1) is 10.1 Å². The molecule has 1 amide bonds. The van der Waals surface area contributed by atoms with Crippen molar-refractivity contribution in [2.75, 3.05) is 5.32 Å². The number of nitro groups is 1. The quantitative estimate of drug-likeness (QED) is 0.531. The first kappa shape index (κ1) is 13.8. The Bertz CT molecular complexity index is 665. The van der Waals surface area contributed by atoms with Crippen LogP contribution in [0.3, 0.4) is 0 Å². The van der Waals surface area contributed by atoms with E-state index in [1.54, 1.807) is 12.1 Å². The van der Waals surface area contributed by atoms with E-state index in [0.717, 1.165) is 0 Å². The van der Waals surface area contributed by atoms with Crippen molar-refractivity contribution in [1.29, 1.82) is 0 Å². The Labute approximate surface area is 118 Å². The van der Waals surface area contributed by atoms with Gasteiger partial charge in [-0.25, -0.2) is 0 Å². The van der Waals surface area contributed by atoms with Gasteiger partial charge in [0.05, 0.1) is 21.9 Å². The minimum Gasteiger partial charge on any atom is -0.465 e. The predicted molar refractivity (Wildman–Crippen MR) is 74.5 cm³/mol. The van der Waals surface area contributed by atoms with E-state index in [2.05, 4.69) is 5.32 Å². The normalized spacial score (nSPS) is 10.7. The second-order valence-electron chi connectivity index (χ2n) is 3.76. The van der Waals surface area contributed by atoms with Crippen LogP contribution in [0.25, 0.3) is 6.08 Å². The molecule has 7 heteroatoms. The van der Waals surface area contributed by atoms with Gasteiger partial charge in [-0.15, -0.1) is 0 Å². The molecule has 0 saturated heterocycles. The van der Waals surface area contributed by atoms with Crippen LogP contribution in [0.1, 0.15) is 5.76 Å². The zero-order valence-electron chi connectivity index (χ0n) is 10.1. The molecule has 2 aromatic rings. The van der Waals surface area contributed by atoms with Crippen molar-refractivity contribution >= 4 is 35.0 Å². The van der Waals surface area contributed by atoms with Crippen LogP contribution in [0.4, 0.5) is 11.4 Å². The molecular formula is C13H9ClN2O4. The first-order valence-electron chi connectivity index (χ1n) is 5.53. The van der Waals surface area contributed by atoms with Gasteiger partial charge in [0.25, 0.3) is 5.69 Å². The Morgan fingerprint density at radius 3 is 2.80 bits per heavy atom. The van der Waals surface area contributed by atoms with Gasteiger partial charge in [0.1, 0.15) is 5.76 Å². The number of halogens is 1. The van der Waals surface area contributed by atoms with Crippen molar-refractivity contribution in [3.63, 3.8) is 0 Å². The fraction of sp³-hybridized carbons (Fsp3) is 0. The van der Waals surface area contributed by atoms with Gasteiger partial charge in [-0.2, -0.15) is 0 Å². The van der Waals surface area contributed by atoms with E-state index in [1.807, 2.05) is 0 Å². The van der Waals surface area contributed by atoms with E-state index in [-0.39, 0.29) is 10.7 Å². The van der Waals surface area contributed by atoms with Gasteiger partial charge in [0, 0.05) is 18.2 Å². The lowest BCUT2D eigenvalue weighted by atomic mass is 10.2. The maximum atomic E-state index is 11.6. The van der Waals surface area contributed by atoms with Crippen LogP contribution in [0.15, 0.2) is 47.1 Å². The van der Waals surface area contributed by atoms with Crippen LogP contribution in [0.2, 0.25) is 5.02 Å². The molecule has 102 valence electrons. The van der Waals surface area contributed by atoms with Crippen LogP contribution in [0.5, 0.6) is 0 Å². The summed E-state index contributed by atoms with van der Waals surface area (Å²) in [5.41, 5.74) is 0.158. The average molecular weight is 293 g/mol. The molecule has 6 nitrogen and oxygen atoms in total. The molecule has 1 aromatic carbocycles. The van der Waals surface area contributed by atoms with Crippen molar-refractivity contribution in [3.05, 3.63) is 63.6 Å². The first-order chi connectivity index (χ1) is 9.56. The summed E-state index contributed by atoms with van der Waals surface area (Å²) >= 11 is 5.86. The Balaban J connectivity index is 2.06. The topological polar surface area (TPSA) is 85.4 Å². The number of hydrogen-bond acceptors (Lipinski definition) is 4. The average Bonchev–Trinajstić information content (AvgIpc) is 2.91. The molecule has 1 heterocycles. The van der Waals surface area contributed by atoms with E-state index >= 15 is 0 Å². The van der Waals surface area contributed by atoms with Gasteiger partial charge in [0.2, 0.25) is 5.91 Å². The summed E-state index contributed by atoms with van der Waals surface area (Å²) in [4.78, 5) is 21.6. The molecule has 2 rings (SSSR count). The number of anilines is 1. The largest absolute Gasteiger partial charge is 0.465 e. The zero-order chi connectivity index (χ0) is 14.5. The summed E-state index contributed by atoms with van der Waals surface area (Å²) in [6, 6.07) is 7.21. The second kappa shape index (κ2) is 6.03. The standard InChI is InChI=1S/C13H9ClN2O4/c14-11-8-9(16(18)19)3-5-12(11)15-13(17)6-4-10-2-1-7-20-10/h1-8H,(H,15,17). The van der Waals surface area contributed by atoms with E-state index in [1.165, 1.54) is 36.6 Å². The fourth-order valence-corrected chi connectivity index (χ4v) is 1.66. The molecule has 0 bridgehead atoms. The molecular weight excluding hydrogens is 284 g/mol. The molecule has 0 saturated carbocycles. The monoisotopic (exact) mass is 292 g/mol. The number of nitro benzene ring substituents is 1. The summed E-state index contributed by atoms with van der Waals surface area (Å²) in [6.45, 7) is 0. The third kappa shape index (κ3) is 3.46. The maximum absolute atomic E-state index is 11.6. The highest BCUT2D eigenvalue weighted by Gasteiger charge is 2.10. The van der Waals surface area contributed by atoms with Crippen molar-refractivity contribution in [2.24, 2.45) is 0 Å². The highest BCUT2D eigenvalue weighted by molar-refractivity contribution is 6.34. The third-order valence-corrected chi connectivity index (χ3v) is 2.68. The number of amides is 1. The number of benzene rings is 1. The fourth-order valence-electron chi connectivity index (χ4n) is 1.44. The number of nitrogens with zero attached hydrogens (tertiary/aromatic N) is 1. The van der Waals surface area contributed by atoms with Crippen LogP contribution >= 0.6 is 11.6 Å². The van der Waals surface area contributed by atoms with E-state index in [9.17, 15) is 14.9 Å². The van der Waals surface area contributed by atoms with Gasteiger partial charge in [-0.3, -0.25) is 14.9 Å². The Kier molecular flexibility index (Phi) is 4.17. The lowest BCUT2D eigenvalue weighted by Crippen LogP contribution is -2.08. The van der Waals surface area contributed by atoms with Crippen LogP contribution in [-0.4, -0.2) is 10.8 Å². The predicted octanol–water partition coefficient (Wildman–Crippen LogP) is 3.49. The molecule has 0 fully saturated rings. The van der Waals surface area contributed by atoms with Gasteiger partial charge in [-0.1, -0.05) is 11.6 Å².